The van der Waals surface area contributed by atoms with E-state index in [9.17, 15) is 9.90 Å². The number of hydrogen-bond donors (Lipinski definition) is 2. The third kappa shape index (κ3) is 3.85. The van der Waals surface area contributed by atoms with Crippen LogP contribution in [0.5, 0.6) is 11.5 Å². The average Bonchev–Trinajstić information content (AvgIpc) is 3.09. The largest absolute Gasteiger partial charge is 0.504 e. The minimum Gasteiger partial charge on any atom is -0.504 e. The molecule has 1 heterocycles. The first-order valence-corrected chi connectivity index (χ1v) is 9.91. The van der Waals surface area contributed by atoms with E-state index in [-0.39, 0.29) is 18.1 Å². The molecule has 0 aliphatic rings. The summed E-state index contributed by atoms with van der Waals surface area (Å²) in [5, 5.41) is 16.5. The van der Waals surface area contributed by atoms with Gasteiger partial charge in [-0.1, -0.05) is 42.5 Å². The summed E-state index contributed by atoms with van der Waals surface area (Å²) < 4.78 is 7.51. The van der Waals surface area contributed by atoms with E-state index in [1.165, 1.54) is 17.0 Å². The number of phenolic OH excluding ortho intramolecular Hbond substituents is 1. The fraction of sp³-hybridized carbons (Fsp3) is 0.167. The van der Waals surface area contributed by atoms with E-state index in [0.717, 1.165) is 11.0 Å². The smallest absolute Gasteiger partial charge is 0.241 e. The first-order valence-electron chi connectivity index (χ1n) is 9.91. The Labute approximate surface area is 174 Å². The SMILES string of the molecule is CCOc1cccc(/C=N/NC(=O)CCn2c3ccccc3c3ccccc32)c1O. The fourth-order valence-corrected chi connectivity index (χ4v) is 3.60. The maximum atomic E-state index is 12.3. The van der Waals surface area contributed by atoms with Gasteiger partial charge < -0.3 is 14.4 Å². The summed E-state index contributed by atoms with van der Waals surface area (Å²) in [6.07, 6.45) is 1.70. The van der Waals surface area contributed by atoms with Crippen molar-refractivity contribution in [3.8, 4) is 11.5 Å². The van der Waals surface area contributed by atoms with Crippen molar-refractivity contribution < 1.29 is 14.6 Å². The number of ether oxygens (including phenoxy) is 1. The molecule has 30 heavy (non-hydrogen) atoms. The van der Waals surface area contributed by atoms with E-state index in [0.29, 0.717) is 24.5 Å². The van der Waals surface area contributed by atoms with E-state index in [1.54, 1.807) is 18.2 Å². The molecule has 0 aliphatic heterocycles. The molecule has 0 saturated carbocycles. The molecular weight excluding hydrogens is 378 g/mol. The van der Waals surface area contributed by atoms with Crippen LogP contribution in [0.3, 0.4) is 0 Å². The van der Waals surface area contributed by atoms with Gasteiger partial charge in [0.2, 0.25) is 5.91 Å². The lowest BCUT2D eigenvalue weighted by Gasteiger charge is -2.08. The minimum atomic E-state index is -0.200. The van der Waals surface area contributed by atoms with Gasteiger partial charge in [-0.05, 0) is 31.2 Å². The van der Waals surface area contributed by atoms with Crippen molar-refractivity contribution in [2.75, 3.05) is 6.61 Å². The Kier molecular flexibility index (Phi) is 5.66. The molecule has 0 bridgehead atoms. The highest BCUT2D eigenvalue weighted by molar-refractivity contribution is 6.08. The molecule has 0 unspecified atom stereocenters. The van der Waals surface area contributed by atoms with Crippen LogP contribution in [0, 0.1) is 0 Å². The lowest BCUT2D eigenvalue weighted by atomic mass is 10.2. The molecule has 2 N–H and O–H groups in total. The molecule has 1 amide bonds. The quantitative estimate of drug-likeness (QED) is 0.355. The number of nitrogens with one attached hydrogen (secondary N) is 1. The molecule has 6 heteroatoms. The predicted molar refractivity (Wildman–Crippen MR) is 119 cm³/mol. The van der Waals surface area contributed by atoms with Crippen molar-refractivity contribution in [2.24, 2.45) is 5.10 Å². The standard InChI is InChI=1S/C24H23N3O3/c1-2-30-22-13-7-8-17(24(22)29)16-25-26-23(28)14-15-27-20-11-5-3-9-18(20)19-10-4-6-12-21(19)27/h3-13,16,29H,2,14-15H2,1H3,(H,26,28)/b25-16+. The first-order chi connectivity index (χ1) is 14.7. The van der Waals surface area contributed by atoms with Gasteiger partial charge in [-0.3, -0.25) is 4.79 Å². The number of aryl methyl sites for hydroxylation is 1. The second kappa shape index (κ2) is 8.69. The van der Waals surface area contributed by atoms with Crippen LogP contribution in [-0.4, -0.2) is 28.4 Å². The highest BCUT2D eigenvalue weighted by Gasteiger charge is 2.11. The van der Waals surface area contributed by atoms with Crippen LogP contribution < -0.4 is 10.2 Å². The molecule has 0 spiro atoms. The molecule has 0 radical (unpaired) electrons. The number of amides is 1. The Balaban J connectivity index is 1.45. The highest BCUT2D eigenvalue weighted by atomic mass is 16.5. The van der Waals surface area contributed by atoms with Crippen molar-refractivity contribution >= 4 is 33.9 Å². The molecule has 0 aliphatic carbocycles. The Morgan fingerprint density at radius 2 is 1.70 bits per heavy atom. The van der Waals surface area contributed by atoms with Crippen LogP contribution in [0.25, 0.3) is 21.8 Å². The van der Waals surface area contributed by atoms with E-state index in [1.807, 2.05) is 31.2 Å². The summed E-state index contributed by atoms with van der Waals surface area (Å²) in [5.41, 5.74) is 5.22. The number of benzene rings is 3. The van der Waals surface area contributed by atoms with Gasteiger partial charge in [0, 0.05) is 40.3 Å². The number of aromatic nitrogens is 1. The van der Waals surface area contributed by atoms with Gasteiger partial charge in [-0.25, -0.2) is 5.43 Å². The van der Waals surface area contributed by atoms with Crippen LogP contribution in [0.2, 0.25) is 0 Å². The Hall–Kier alpha value is -3.80. The number of hydrogen-bond acceptors (Lipinski definition) is 4. The maximum Gasteiger partial charge on any atom is 0.241 e. The Morgan fingerprint density at radius 1 is 1.03 bits per heavy atom. The Morgan fingerprint density at radius 3 is 2.37 bits per heavy atom. The summed E-state index contributed by atoms with van der Waals surface area (Å²) >= 11 is 0. The highest BCUT2D eigenvalue weighted by Crippen LogP contribution is 2.29. The molecule has 0 saturated heterocycles. The number of phenols is 1. The number of para-hydroxylation sites is 3. The van der Waals surface area contributed by atoms with E-state index < -0.39 is 0 Å². The molecule has 6 nitrogen and oxygen atoms in total. The molecule has 0 fully saturated rings. The van der Waals surface area contributed by atoms with Crippen LogP contribution in [-0.2, 0) is 11.3 Å². The van der Waals surface area contributed by atoms with Crippen molar-refractivity contribution in [3.63, 3.8) is 0 Å². The van der Waals surface area contributed by atoms with Gasteiger partial charge in [-0.15, -0.1) is 0 Å². The van der Waals surface area contributed by atoms with Gasteiger partial charge in [0.15, 0.2) is 11.5 Å². The van der Waals surface area contributed by atoms with Crippen molar-refractivity contribution in [2.45, 2.75) is 19.9 Å². The predicted octanol–water partition coefficient (Wildman–Crippen LogP) is 4.44. The van der Waals surface area contributed by atoms with Gasteiger partial charge in [0.1, 0.15) is 0 Å². The monoisotopic (exact) mass is 401 g/mol. The first kappa shape index (κ1) is 19.5. The molecular formula is C24H23N3O3. The van der Waals surface area contributed by atoms with E-state index >= 15 is 0 Å². The molecule has 4 aromatic rings. The summed E-state index contributed by atoms with van der Waals surface area (Å²) in [5.74, 6) is 0.190. The molecule has 4 rings (SSSR count). The summed E-state index contributed by atoms with van der Waals surface area (Å²) in [6, 6.07) is 21.5. The number of carbonyl (C=O) groups is 1. The lowest BCUT2D eigenvalue weighted by Crippen LogP contribution is -2.19. The summed E-state index contributed by atoms with van der Waals surface area (Å²) in [4.78, 5) is 12.3. The normalized spacial score (nSPS) is 11.4. The number of carbonyl (C=O) groups excluding carboxylic acids is 1. The number of hydrazone groups is 1. The van der Waals surface area contributed by atoms with Gasteiger partial charge in [0.05, 0.1) is 12.8 Å². The fourth-order valence-electron chi connectivity index (χ4n) is 3.60. The van der Waals surface area contributed by atoms with Crippen LogP contribution in [0.15, 0.2) is 71.8 Å². The van der Waals surface area contributed by atoms with Crippen molar-refractivity contribution in [1.29, 1.82) is 0 Å². The molecule has 152 valence electrons. The third-order valence-electron chi connectivity index (χ3n) is 4.97. The zero-order chi connectivity index (χ0) is 20.9. The van der Waals surface area contributed by atoms with Gasteiger partial charge in [-0.2, -0.15) is 5.10 Å². The zero-order valence-corrected chi connectivity index (χ0v) is 16.7. The number of nitrogens with zero attached hydrogens (tertiary/aromatic N) is 2. The minimum absolute atomic E-state index is 0.00243. The second-order valence-corrected chi connectivity index (χ2v) is 6.86. The molecule has 0 atom stereocenters. The third-order valence-corrected chi connectivity index (χ3v) is 4.97. The zero-order valence-electron chi connectivity index (χ0n) is 16.7. The summed E-state index contributed by atoms with van der Waals surface area (Å²) in [6.45, 7) is 2.84. The van der Waals surface area contributed by atoms with Crippen molar-refractivity contribution in [1.82, 2.24) is 9.99 Å². The van der Waals surface area contributed by atoms with Crippen LogP contribution in [0.1, 0.15) is 18.9 Å². The van der Waals surface area contributed by atoms with Crippen LogP contribution >= 0.6 is 0 Å². The number of fused-ring (bicyclic) bond motifs is 3. The lowest BCUT2D eigenvalue weighted by molar-refractivity contribution is -0.121. The maximum absolute atomic E-state index is 12.3. The van der Waals surface area contributed by atoms with Crippen molar-refractivity contribution in [3.05, 3.63) is 72.3 Å². The topological polar surface area (TPSA) is 75.8 Å². The number of aromatic hydroxyl groups is 1. The van der Waals surface area contributed by atoms with E-state index in [2.05, 4.69) is 39.4 Å². The second-order valence-electron chi connectivity index (χ2n) is 6.86. The number of rotatable bonds is 7. The Bertz CT molecular complexity index is 1170. The van der Waals surface area contributed by atoms with Crippen LogP contribution in [0.4, 0.5) is 0 Å². The molecule has 1 aromatic heterocycles. The van der Waals surface area contributed by atoms with Gasteiger partial charge in [0.25, 0.3) is 0 Å². The van der Waals surface area contributed by atoms with Gasteiger partial charge >= 0.3 is 0 Å². The average molecular weight is 401 g/mol. The summed E-state index contributed by atoms with van der Waals surface area (Å²) in [7, 11) is 0. The molecule has 3 aromatic carbocycles. The van der Waals surface area contributed by atoms with E-state index in [4.69, 9.17) is 4.74 Å².